The fraction of sp³-hybridized carbons (Fsp3) is 0.350. The van der Waals surface area contributed by atoms with E-state index in [2.05, 4.69) is 4.99 Å². The van der Waals surface area contributed by atoms with Crippen molar-refractivity contribution in [2.75, 3.05) is 6.61 Å². The van der Waals surface area contributed by atoms with Gasteiger partial charge in [0.05, 0.1) is 22.8 Å². The van der Waals surface area contributed by atoms with Crippen molar-refractivity contribution >= 4 is 29.1 Å². The molecular formula is C20H22N2O4S. The van der Waals surface area contributed by atoms with E-state index in [0.29, 0.717) is 32.6 Å². The number of hydrogen-bond acceptors (Lipinski definition) is 6. The molecule has 0 saturated carbocycles. The average molecular weight is 386 g/mol. The Hall–Kier alpha value is -2.67. The molecule has 1 aromatic heterocycles. The van der Waals surface area contributed by atoms with E-state index in [0.717, 1.165) is 6.42 Å². The number of fused-ring (bicyclic) bond motifs is 1. The van der Waals surface area contributed by atoms with Gasteiger partial charge in [-0.2, -0.15) is 0 Å². The Labute approximate surface area is 160 Å². The van der Waals surface area contributed by atoms with E-state index in [-0.39, 0.29) is 24.0 Å². The number of hydrogen-bond donors (Lipinski definition) is 1. The standard InChI is InChI=1S/C20H22N2O4S/c1-4-8-14-17(19(25)26-5-2)12(3)22-18(24)16(27-20(22)21-14)11-13-9-6-7-10-15(13)23/h6-7,9-11,14,23H,4-5,8H2,1-3H3/b16-11-/t14-/m1/s1. The number of ether oxygens (including phenoxy) is 1. The van der Waals surface area contributed by atoms with E-state index >= 15 is 0 Å². The Balaban J connectivity index is 2.22. The zero-order valence-corrected chi connectivity index (χ0v) is 16.4. The van der Waals surface area contributed by atoms with Crippen LogP contribution in [-0.4, -0.2) is 28.3 Å². The Morgan fingerprint density at radius 3 is 2.78 bits per heavy atom. The normalized spacial score (nSPS) is 16.9. The monoisotopic (exact) mass is 386 g/mol. The maximum absolute atomic E-state index is 12.9. The molecule has 6 nitrogen and oxygen atoms in total. The Morgan fingerprint density at radius 1 is 1.37 bits per heavy atom. The second-order valence-electron chi connectivity index (χ2n) is 6.25. The SMILES string of the molecule is CCC[C@H]1N=c2s/c(=C\c3ccccc3O)c(=O)n2C(C)=C1C(=O)OCC. The van der Waals surface area contributed by atoms with Crippen LogP contribution in [-0.2, 0) is 9.53 Å². The van der Waals surface area contributed by atoms with Crippen molar-refractivity contribution in [3.63, 3.8) is 0 Å². The van der Waals surface area contributed by atoms with Gasteiger partial charge in [-0.1, -0.05) is 42.9 Å². The van der Waals surface area contributed by atoms with Gasteiger partial charge >= 0.3 is 5.97 Å². The third kappa shape index (κ3) is 3.60. The van der Waals surface area contributed by atoms with Gasteiger partial charge in [0.1, 0.15) is 5.75 Å². The van der Waals surface area contributed by atoms with Crippen molar-refractivity contribution in [1.29, 1.82) is 0 Å². The maximum Gasteiger partial charge on any atom is 0.337 e. The summed E-state index contributed by atoms with van der Waals surface area (Å²) in [5.41, 5.74) is 1.32. The fourth-order valence-corrected chi connectivity index (χ4v) is 4.19. The minimum atomic E-state index is -0.424. The first-order chi connectivity index (χ1) is 13.0. The second-order valence-corrected chi connectivity index (χ2v) is 7.25. The highest BCUT2D eigenvalue weighted by molar-refractivity contribution is 7.07. The van der Waals surface area contributed by atoms with Crippen LogP contribution in [0.1, 0.15) is 39.2 Å². The second kappa shape index (κ2) is 7.92. The van der Waals surface area contributed by atoms with Crippen molar-refractivity contribution in [1.82, 2.24) is 4.57 Å². The van der Waals surface area contributed by atoms with Crippen molar-refractivity contribution in [2.24, 2.45) is 4.99 Å². The van der Waals surface area contributed by atoms with E-state index in [9.17, 15) is 14.7 Å². The van der Waals surface area contributed by atoms with Crippen molar-refractivity contribution < 1.29 is 14.6 Å². The predicted octanol–water partition coefficient (Wildman–Crippen LogP) is 2.04. The summed E-state index contributed by atoms with van der Waals surface area (Å²) < 4.78 is 7.11. The largest absolute Gasteiger partial charge is 0.507 e. The number of allylic oxidation sites excluding steroid dienone is 1. The maximum atomic E-state index is 12.9. The number of nitrogens with zero attached hydrogens (tertiary/aromatic N) is 2. The summed E-state index contributed by atoms with van der Waals surface area (Å²) in [6, 6.07) is 6.51. The lowest BCUT2D eigenvalue weighted by Crippen LogP contribution is -2.37. The summed E-state index contributed by atoms with van der Waals surface area (Å²) in [7, 11) is 0. The van der Waals surface area contributed by atoms with Crippen LogP contribution in [0.5, 0.6) is 5.75 Å². The minimum absolute atomic E-state index is 0.105. The molecule has 0 fully saturated rings. The zero-order chi connectivity index (χ0) is 19.6. The van der Waals surface area contributed by atoms with E-state index in [1.165, 1.54) is 15.9 Å². The molecule has 1 aliphatic heterocycles. The lowest BCUT2D eigenvalue weighted by molar-refractivity contribution is -0.138. The van der Waals surface area contributed by atoms with Gasteiger partial charge < -0.3 is 9.84 Å². The van der Waals surface area contributed by atoms with Crippen LogP contribution in [0.3, 0.4) is 0 Å². The Kier molecular flexibility index (Phi) is 5.60. The van der Waals surface area contributed by atoms with Gasteiger partial charge in [0, 0.05) is 11.3 Å². The van der Waals surface area contributed by atoms with Gasteiger partial charge in [-0.25, -0.2) is 9.79 Å². The molecule has 142 valence electrons. The molecule has 1 N–H and O–H groups in total. The molecule has 0 aliphatic carbocycles. The summed E-state index contributed by atoms with van der Waals surface area (Å²) in [5.74, 6) is -0.319. The molecule has 1 aromatic carbocycles. The number of carbonyl (C=O) groups is 1. The van der Waals surface area contributed by atoms with Crippen LogP contribution in [0.15, 0.2) is 39.6 Å². The van der Waals surface area contributed by atoms with Gasteiger partial charge in [-0.15, -0.1) is 0 Å². The number of thiazole rings is 1. The molecule has 2 aromatic rings. The number of aromatic nitrogens is 1. The third-order valence-electron chi connectivity index (χ3n) is 4.41. The topological polar surface area (TPSA) is 80.9 Å². The highest BCUT2D eigenvalue weighted by Crippen LogP contribution is 2.23. The van der Waals surface area contributed by atoms with Gasteiger partial charge in [0.15, 0.2) is 4.80 Å². The predicted molar refractivity (Wildman–Crippen MR) is 105 cm³/mol. The highest BCUT2D eigenvalue weighted by Gasteiger charge is 2.29. The molecule has 0 amide bonds. The molecule has 7 heteroatoms. The number of carbonyl (C=O) groups excluding carboxylic acids is 1. The van der Waals surface area contributed by atoms with Crippen LogP contribution in [0.2, 0.25) is 0 Å². The fourth-order valence-electron chi connectivity index (χ4n) is 3.14. The zero-order valence-electron chi connectivity index (χ0n) is 15.6. The molecule has 3 rings (SSSR count). The molecular weight excluding hydrogens is 364 g/mol. The molecule has 1 atom stereocenters. The molecule has 27 heavy (non-hydrogen) atoms. The van der Waals surface area contributed by atoms with Gasteiger partial charge in [-0.05, 0) is 32.4 Å². The highest BCUT2D eigenvalue weighted by atomic mass is 32.1. The number of phenolic OH excluding ortho intramolecular Hbond substituents is 1. The first-order valence-corrected chi connectivity index (χ1v) is 9.77. The van der Waals surface area contributed by atoms with Gasteiger partial charge in [0.25, 0.3) is 5.56 Å². The van der Waals surface area contributed by atoms with E-state index < -0.39 is 5.97 Å². The number of esters is 1. The summed E-state index contributed by atoms with van der Waals surface area (Å²) in [6.45, 7) is 5.81. The molecule has 0 unspecified atom stereocenters. The summed E-state index contributed by atoms with van der Waals surface area (Å²) >= 11 is 1.26. The van der Waals surface area contributed by atoms with Crippen molar-refractivity contribution in [2.45, 2.75) is 39.7 Å². The number of aromatic hydroxyl groups is 1. The summed E-state index contributed by atoms with van der Waals surface area (Å²) in [4.78, 5) is 30.6. The number of rotatable bonds is 5. The number of phenols is 1. The molecule has 1 aliphatic rings. The summed E-state index contributed by atoms with van der Waals surface area (Å²) in [5, 5.41) is 9.97. The van der Waals surface area contributed by atoms with Crippen LogP contribution in [0.4, 0.5) is 0 Å². The van der Waals surface area contributed by atoms with Crippen LogP contribution in [0.25, 0.3) is 11.8 Å². The number of para-hydroxylation sites is 1. The van der Waals surface area contributed by atoms with Crippen molar-refractivity contribution in [3.05, 3.63) is 55.1 Å². The van der Waals surface area contributed by atoms with Crippen molar-refractivity contribution in [3.8, 4) is 5.75 Å². The average Bonchev–Trinajstić information content (AvgIpc) is 2.93. The minimum Gasteiger partial charge on any atom is -0.507 e. The number of benzene rings is 1. The molecule has 2 heterocycles. The van der Waals surface area contributed by atoms with E-state index in [1.54, 1.807) is 44.2 Å². The van der Waals surface area contributed by atoms with E-state index in [1.807, 2.05) is 6.92 Å². The van der Waals surface area contributed by atoms with Crippen LogP contribution in [0, 0.1) is 0 Å². The van der Waals surface area contributed by atoms with Crippen LogP contribution >= 0.6 is 11.3 Å². The Morgan fingerprint density at radius 2 is 2.11 bits per heavy atom. The molecule has 0 saturated heterocycles. The molecule has 0 spiro atoms. The lowest BCUT2D eigenvalue weighted by atomic mass is 10.00. The van der Waals surface area contributed by atoms with Gasteiger partial charge in [-0.3, -0.25) is 9.36 Å². The van der Waals surface area contributed by atoms with Gasteiger partial charge in [0.2, 0.25) is 0 Å². The van der Waals surface area contributed by atoms with Crippen LogP contribution < -0.4 is 14.9 Å². The first-order valence-electron chi connectivity index (χ1n) is 8.95. The molecule has 0 radical (unpaired) electrons. The quantitative estimate of drug-likeness (QED) is 0.798. The Bertz CT molecular complexity index is 1080. The third-order valence-corrected chi connectivity index (χ3v) is 5.39. The van der Waals surface area contributed by atoms with E-state index in [4.69, 9.17) is 4.74 Å². The lowest BCUT2D eigenvalue weighted by Gasteiger charge is -2.21. The first kappa shape index (κ1) is 19.1. The molecule has 0 bridgehead atoms. The smallest absolute Gasteiger partial charge is 0.337 e. The summed E-state index contributed by atoms with van der Waals surface area (Å²) in [6.07, 6.45) is 3.21.